The van der Waals surface area contributed by atoms with Crippen molar-refractivity contribution in [2.75, 3.05) is 6.67 Å². The first kappa shape index (κ1) is 10.00. The molecule has 1 saturated heterocycles. The summed E-state index contributed by atoms with van der Waals surface area (Å²) in [6, 6.07) is 0. The van der Waals surface area contributed by atoms with Crippen LogP contribution in [-0.2, 0) is 9.47 Å². The maximum absolute atomic E-state index is 12.7. The number of fused-ring (bicyclic) bond motifs is 1. The monoisotopic (exact) mass is 216 g/mol. The lowest BCUT2D eigenvalue weighted by Crippen LogP contribution is -2.30. The molecule has 3 rings (SSSR count). The highest BCUT2D eigenvalue weighted by Crippen LogP contribution is 2.48. The number of aliphatic hydroxyl groups is 1. The maximum atomic E-state index is 12.7. The zero-order chi connectivity index (χ0) is 10.5. The standard InChI is InChI=1S/C11H17FO3/c12-6-7-5-8(13)10-9(7)14-11(15-10)3-1-2-4-11/h7-10,13H,1-6H2/t7-,8+,9-,10+/m1/s1. The molecule has 0 amide bonds. The Kier molecular flexibility index (Phi) is 2.27. The van der Waals surface area contributed by atoms with E-state index in [-0.39, 0.29) is 18.1 Å². The van der Waals surface area contributed by atoms with Gasteiger partial charge in [-0.25, -0.2) is 0 Å². The molecule has 0 aromatic heterocycles. The normalized spacial score (nSPS) is 47.6. The molecular weight excluding hydrogens is 199 g/mol. The molecule has 4 atom stereocenters. The van der Waals surface area contributed by atoms with Gasteiger partial charge in [-0.05, 0) is 19.3 Å². The van der Waals surface area contributed by atoms with Crippen LogP contribution in [0.25, 0.3) is 0 Å². The van der Waals surface area contributed by atoms with E-state index in [4.69, 9.17) is 9.47 Å². The van der Waals surface area contributed by atoms with Gasteiger partial charge in [0.2, 0.25) is 0 Å². The van der Waals surface area contributed by atoms with Crippen LogP contribution < -0.4 is 0 Å². The van der Waals surface area contributed by atoms with Crippen molar-refractivity contribution in [2.45, 2.75) is 56.2 Å². The number of ether oxygens (including phenoxy) is 2. The summed E-state index contributed by atoms with van der Waals surface area (Å²) in [5.41, 5.74) is 0. The van der Waals surface area contributed by atoms with E-state index in [2.05, 4.69) is 0 Å². The minimum Gasteiger partial charge on any atom is -0.390 e. The van der Waals surface area contributed by atoms with Crippen LogP contribution in [0.2, 0.25) is 0 Å². The highest BCUT2D eigenvalue weighted by Gasteiger charge is 2.57. The summed E-state index contributed by atoms with van der Waals surface area (Å²) in [6.07, 6.45) is 3.42. The summed E-state index contributed by atoms with van der Waals surface area (Å²) < 4.78 is 24.5. The van der Waals surface area contributed by atoms with E-state index in [9.17, 15) is 9.50 Å². The number of rotatable bonds is 1. The lowest BCUT2D eigenvalue weighted by molar-refractivity contribution is -0.187. The Morgan fingerprint density at radius 2 is 1.87 bits per heavy atom. The number of halogens is 1. The third kappa shape index (κ3) is 1.42. The highest BCUT2D eigenvalue weighted by molar-refractivity contribution is 5.00. The quantitative estimate of drug-likeness (QED) is 0.720. The minimum absolute atomic E-state index is 0.176. The first-order chi connectivity index (χ1) is 7.24. The molecule has 0 aromatic rings. The average molecular weight is 216 g/mol. The largest absolute Gasteiger partial charge is 0.390 e. The highest BCUT2D eigenvalue weighted by atomic mass is 19.1. The summed E-state index contributed by atoms with van der Waals surface area (Å²) >= 11 is 0. The number of alkyl halides is 1. The van der Waals surface area contributed by atoms with Crippen LogP contribution >= 0.6 is 0 Å². The van der Waals surface area contributed by atoms with Gasteiger partial charge in [-0.2, -0.15) is 0 Å². The molecule has 2 aliphatic carbocycles. The molecule has 0 aromatic carbocycles. The summed E-state index contributed by atoms with van der Waals surface area (Å²) in [5.74, 6) is -0.658. The van der Waals surface area contributed by atoms with Crippen LogP contribution in [0.4, 0.5) is 4.39 Å². The molecule has 3 fully saturated rings. The van der Waals surface area contributed by atoms with Gasteiger partial charge in [-0.3, -0.25) is 4.39 Å². The number of hydrogen-bond donors (Lipinski definition) is 1. The van der Waals surface area contributed by atoms with Gasteiger partial charge in [-0.15, -0.1) is 0 Å². The maximum Gasteiger partial charge on any atom is 0.169 e. The Hall–Kier alpha value is -0.190. The lowest BCUT2D eigenvalue weighted by atomic mass is 10.1. The van der Waals surface area contributed by atoms with E-state index in [1.807, 2.05) is 0 Å². The first-order valence-corrected chi connectivity index (χ1v) is 5.84. The van der Waals surface area contributed by atoms with Gasteiger partial charge in [0.05, 0.1) is 18.9 Å². The first-order valence-electron chi connectivity index (χ1n) is 5.84. The summed E-state index contributed by atoms with van der Waals surface area (Å²) in [6.45, 7) is -0.419. The van der Waals surface area contributed by atoms with Crippen LogP contribution in [-0.4, -0.2) is 35.9 Å². The molecule has 3 aliphatic rings. The van der Waals surface area contributed by atoms with Gasteiger partial charge in [0.15, 0.2) is 5.79 Å². The van der Waals surface area contributed by atoms with E-state index < -0.39 is 18.6 Å². The fraction of sp³-hybridized carbons (Fsp3) is 1.00. The Balaban J connectivity index is 1.78. The van der Waals surface area contributed by atoms with Crippen molar-refractivity contribution in [1.29, 1.82) is 0 Å². The van der Waals surface area contributed by atoms with Gasteiger partial charge in [-0.1, -0.05) is 0 Å². The number of hydrogen-bond acceptors (Lipinski definition) is 3. The zero-order valence-corrected chi connectivity index (χ0v) is 8.69. The Bertz CT molecular complexity index is 252. The van der Waals surface area contributed by atoms with Crippen molar-refractivity contribution in [2.24, 2.45) is 5.92 Å². The van der Waals surface area contributed by atoms with Gasteiger partial charge in [0, 0.05) is 18.8 Å². The van der Waals surface area contributed by atoms with E-state index >= 15 is 0 Å². The second-order valence-electron chi connectivity index (χ2n) is 5.00. The molecule has 0 unspecified atom stereocenters. The molecule has 15 heavy (non-hydrogen) atoms. The Morgan fingerprint density at radius 3 is 2.53 bits per heavy atom. The molecule has 1 heterocycles. The minimum atomic E-state index is -0.546. The van der Waals surface area contributed by atoms with Crippen molar-refractivity contribution < 1.29 is 19.0 Å². The van der Waals surface area contributed by atoms with Crippen LogP contribution in [0.1, 0.15) is 32.1 Å². The van der Waals surface area contributed by atoms with Crippen LogP contribution in [0.5, 0.6) is 0 Å². The van der Waals surface area contributed by atoms with E-state index in [0.29, 0.717) is 6.42 Å². The van der Waals surface area contributed by atoms with E-state index in [0.717, 1.165) is 25.7 Å². The SMILES string of the molecule is O[C@H]1C[C@H](CF)[C@H]2OC3(CCCC3)O[C@H]21. The fourth-order valence-corrected chi connectivity index (χ4v) is 3.20. The van der Waals surface area contributed by atoms with E-state index in [1.54, 1.807) is 0 Å². The van der Waals surface area contributed by atoms with Crippen molar-refractivity contribution in [3.8, 4) is 0 Å². The van der Waals surface area contributed by atoms with Crippen LogP contribution in [0.3, 0.4) is 0 Å². The second kappa shape index (κ2) is 3.40. The summed E-state index contributed by atoms with van der Waals surface area (Å²) in [7, 11) is 0. The predicted molar refractivity (Wildman–Crippen MR) is 51.0 cm³/mol. The molecule has 3 nitrogen and oxygen atoms in total. The van der Waals surface area contributed by atoms with Crippen LogP contribution in [0.15, 0.2) is 0 Å². The van der Waals surface area contributed by atoms with Crippen molar-refractivity contribution in [3.63, 3.8) is 0 Å². The molecular formula is C11H17FO3. The molecule has 1 spiro atoms. The third-order valence-corrected chi connectivity index (χ3v) is 3.98. The van der Waals surface area contributed by atoms with Gasteiger partial charge >= 0.3 is 0 Å². The van der Waals surface area contributed by atoms with Crippen molar-refractivity contribution in [3.05, 3.63) is 0 Å². The molecule has 0 bridgehead atoms. The van der Waals surface area contributed by atoms with Crippen molar-refractivity contribution in [1.82, 2.24) is 0 Å². The van der Waals surface area contributed by atoms with Crippen LogP contribution in [0, 0.1) is 5.92 Å². The number of aliphatic hydroxyl groups excluding tert-OH is 1. The Labute approximate surface area is 88.6 Å². The van der Waals surface area contributed by atoms with Gasteiger partial charge < -0.3 is 14.6 Å². The molecule has 4 heteroatoms. The molecule has 1 aliphatic heterocycles. The predicted octanol–water partition coefficient (Wildman–Crippen LogP) is 1.39. The van der Waals surface area contributed by atoms with E-state index in [1.165, 1.54) is 0 Å². The molecule has 0 radical (unpaired) electrons. The third-order valence-electron chi connectivity index (χ3n) is 3.98. The smallest absolute Gasteiger partial charge is 0.169 e. The summed E-state index contributed by atoms with van der Waals surface area (Å²) in [5, 5.41) is 9.77. The van der Waals surface area contributed by atoms with Gasteiger partial charge in [0.25, 0.3) is 0 Å². The fourth-order valence-electron chi connectivity index (χ4n) is 3.20. The summed E-state index contributed by atoms with van der Waals surface area (Å²) in [4.78, 5) is 0. The topological polar surface area (TPSA) is 38.7 Å². The molecule has 1 N–H and O–H groups in total. The zero-order valence-electron chi connectivity index (χ0n) is 8.69. The average Bonchev–Trinajstić information content (AvgIpc) is 2.88. The van der Waals surface area contributed by atoms with Gasteiger partial charge in [0.1, 0.15) is 6.10 Å². The van der Waals surface area contributed by atoms with Crippen molar-refractivity contribution >= 4 is 0 Å². The second-order valence-corrected chi connectivity index (χ2v) is 5.00. The molecule has 2 saturated carbocycles. The lowest BCUT2D eigenvalue weighted by Gasteiger charge is -2.25. The Morgan fingerprint density at radius 1 is 1.20 bits per heavy atom. The molecule has 86 valence electrons.